The summed E-state index contributed by atoms with van der Waals surface area (Å²) in [4.78, 5) is 23.8. The summed E-state index contributed by atoms with van der Waals surface area (Å²) in [7, 11) is 0. The Bertz CT molecular complexity index is 2260. The van der Waals surface area contributed by atoms with Crippen molar-refractivity contribution in [3.05, 3.63) is 0 Å². The Morgan fingerprint density at radius 1 is 0.641 bits per heavy atom. The number of hydrogen-bond acceptors (Lipinski definition) is 10. The van der Waals surface area contributed by atoms with Crippen LogP contribution >= 0.6 is 11.8 Å². The van der Waals surface area contributed by atoms with Gasteiger partial charge in [-0.05, 0) is 101 Å². The molecule has 64 heavy (non-hydrogen) atoms. The van der Waals surface area contributed by atoms with Crippen molar-refractivity contribution in [2.45, 2.75) is 146 Å². The van der Waals surface area contributed by atoms with Gasteiger partial charge in [-0.15, -0.1) is 18.2 Å². The molecule has 8 atom stereocenters. The number of aliphatic hydroxyl groups is 5. The molecule has 0 saturated carbocycles. The Labute approximate surface area is 383 Å². The molecular weight excluding hydrogens is 831 g/mol. The smallest absolute Gasteiger partial charge is 0.313 e. The summed E-state index contributed by atoms with van der Waals surface area (Å²) in [6, 6.07) is -1.20. The molecule has 1 rings (SSSR count). The number of carboxylic acid groups (broad SMARTS) is 1. The van der Waals surface area contributed by atoms with Gasteiger partial charge in [-0.2, -0.15) is 0 Å². The average molecular weight is 884 g/mol. The highest BCUT2D eigenvalue weighted by atomic mass is 32.2. The highest BCUT2D eigenvalue weighted by Crippen LogP contribution is 2.25. The van der Waals surface area contributed by atoms with Crippen LogP contribution in [0.3, 0.4) is 0 Å². The molecule has 0 aromatic rings. The van der Waals surface area contributed by atoms with Gasteiger partial charge in [0.2, 0.25) is 5.91 Å². The van der Waals surface area contributed by atoms with Crippen LogP contribution in [0.15, 0.2) is 0 Å². The predicted octanol–water partition coefficient (Wildman–Crippen LogP) is 1.99. The molecule has 0 radical (unpaired) electrons. The van der Waals surface area contributed by atoms with Crippen molar-refractivity contribution < 1.29 is 49.7 Å². The van der Waals surface area contributed by atoms with Gasteiger partial charge in [-0.1, -0.05) is 89.9 Å². The first-order chi connectivity index (χ1) is 31.1. The summed E-state index contributed by atoms with van der Waals surface area (Å²) < 4.78 is 11.3. The molecule has 12 heteroatoms. The van der Waals surface area contributed by atoms with Gasteiger partial charge >= 0.3 is 5.97 Å². The standard InChI is InChI=1S/C52H53NO10S/c1-3-5-7-9-11-13-15-17-18-19-20-21-22-23-24-25-26-27-29-31-33-35-37-39-46(55)53-43(40-62-52-51(61)50(60)49(59)45(63-52)41-64-42-47(56)57)48(58)44(54)38-36-34-32-30-28-16-14-12-10-8-6-4-2/h1,43-45,48-52,54,58-61H,4,6,8,10,12,14,16,28,30,32,34,36,38-42H2,2H3,(H,53,55)(H,56,57)/t43-,44+,45?,48-,49-,50-,51?,52-/m0/s1. The maximum absolute atomic E-state index is 12.9. The lowest BCUT2D eigenvalue weighted by atomic mass is 9.98. The van der Waals surface area contributed by atoms with E-state index >= 15 is 0 Å². The maximum atomic E-state index is 12.9. The van der Waals surface area contributed by atoms with Crippen molar-refractivity contribution in [2.24, 2.45) is 0 Å². The molecule has 1 heterocycles. The number of amides is 1. The molecule has 0 aliphatic carbocycles. The summed E-state index contributed by atoms with van der Waals surface area (Å²) in [5, 5.41) is 65.0. The lowest BCUT2D eigenvalue weighted by Crippen LogP contribution is -2.60. The Morgan fingerprint density at radius 3 is 1.53 bits per heavy atom. The fourth-order valence-corrected chi connectivity index (χ4v) is 6.37. The molecule has 2 unspecified atom stereocenters. The van der Waals surface area contributed by atoms with Crippen LogP contribution in [0.1, 0.15) is 96.8 Å². The van der Waals surface area contributed by atoms with Crippen LogP contribution in [0.2, 0.25) is 0 Å². The number of carboxylic acids is 1. The zero-order valence-corrected chi connectivity index (χ0v) is 36.8. The van der Waals surface area contributed by atoms with Gasteiger partial charge in [0.1, 0.15) is 24.4 Å². The third kappa shape index (κ3) is 29.1. The molecule has 0 spiro atoms. The number of rotatable bonds is 24. The van der Waals surface area contributed by atoms with Crippen molar-refractivity contribution in [3.8, 4) is 143 Å². The first-order valence-electron chi connectivity index (χ1n) is 20.8. The van der Waals surface area contributed by atoms with E-state index in [1.165, 1.54) is 44.9 Å². The molecule has 1 aliphatic heterocycles. The monoisotopic (exact) mass is 883 g/mol. The second-order valence-electron chi connectivity index (χ2n) is 13.8. The molecule has 1 fully saturated rings. The van der Waals surface area contributed by atoms with Crippen molar-refractivity contribution in [1.82, 2.24) is 5.32 Å². The second-order valence-corrected chi connectivity index (χ2v) is 14.8. The molecular formula is C52H53NO10S. The molecule has 332 valence electrons. The van der Waals surface area contributed by atoms with E-state index in [-0.39, 0.29) is 24.3 Å². The fraction of sp³-hybridized carbons (Fsp3) is 0.500. The topological polar surface area (TPSA) is 186 Å². The molecule has 0 bridgehead atoms. The quantitative estimate of drug-likeness (QED) is 0.0556. The van der Waals surface area contributed by atoms with Crippen molar-refractivity contribution in [1.29, 1.82) is 0 Å². The van der Waals surface area contributed by atoms with Gasteiger partial charge in [-0.3, -0.25) is 9.59 Å². The number of thioether (sulfide) groups is 1. The van der Waals surface area contributed by atoms with Gasteiger partial charge in [-0.25, -0.2) is 0 Å². The highest BCUT2D eigenvalue weighted by Gasteiger charge is 2.44. The zero-order chi connectivity index (χ0) is 46.9. The first-order valence-corrected chi connectivity index (χ1v) is 22.0. The number of nitrogens with one attached hydrogen (secondary N) is 1. The van der Waals surface area contributed by atoms with E-state index in [2.05, 4.69) is 148 Å². The van der Waals surface area contributed by atoms with Gasteiger partial charge in [0.15, 0.2) is 6.29 Å². The second kappa shape index (κ2) is 38.4. The minimum Gasteiger partial charge on any atom is -0.481 e. The number of hydrogen-bond donors (Lipinski definition) is 7. The lowest BCUT2D eigenvalue weighted by molar-refractivity contribution is -0.294. The summed E-state index contributed by atoms with van der Waals surface area (Å²) >= 11 is 0.938. The summed E-state index contributed by atoms with van der Waals surface area (Å²) in [6.07, 6.45) is 8.25. The van der Waals surface area contributed by atoms with E-state index < -0.39 is 67.4 Å². The fourth-order valence-electron chi connectivity index (χ4n) is 5.57. The largest absolute Gasteiger partial charge is 0.481 e. The summed E-state index contributed by atoms with van der Waals surface area (Å²) in [5.41, 5.74) is 0. The van der Waals surface area contributed by atoms with E-state index in [1.54, 1.807) is 0 Å². The minimum absolute atomic E-state index is 0.0281. The molecule has 1 aliphatic rings. The van der Waals surface area contributed by atoms with Gasteiger partial charge in [0.25, 0.3) is 0 Å². The van der Waals surface area contributed by atoms with Crippen LogP contribution in [-0.2, 0) is 19.1 Å². The SMILES string of the molecule is C#CC#CC#CC#CC#CC#CC#CC#CC#CC#CC#CC#CCC(=O)N[C@@H](CO[C@H]1OC(CSCC(=O)O)[C@H](O)[C@H](O)C1O)[C@H](O)[C@H](O)CCCCCCCCCCCCCC. The Hall–Kier alpha value is -6.27. The van der Waals surface area contributed by atoms with Crippen LogP contribution in [-0.4, -0.2) is 110 Å². The van der Waals surface area contributed by atoms with E-state index in [0.29, 0.717) is 6.42 Å². The first kappa shape index (κ1) is 55.7. The molecule has 1 saturated heterocycles. The van der Waals surface area contributed by atoms with E-state index in [9.17, 15) is 35.1 Å². The van der Waals surface area contributed by atoms with Crippen molar-refractivity contribution in [2.75, 3.05) is 18.1 Å². The third-order valence-electron chi connectivity index (χ3n) is 8.78. The van der Waals surface area contributed by atoms with Crippen molar-refractivity contribution >= 4 is 23.6 Å². The van der Waals surface area contributed by atoms with E-state index in [0.717, 1.165) is 37.4 Å². The van der Waals surface area contributed by atoms with Crippen LogP contribution < -0.4 is 5.32 Å². The number of carbonyl (C=O) groups is 2. The molecule has 0 aromatic carbocycles. The molecule has 7 N–H and O–H groups in total. The Balaban J connectivity index is 2.79. The number of terminal acetylenes is 1. The minimum atomic E-state index is -1.71. The van der Waals surface area contributed by atoms with Crippen LogP contribution in [0.25, 0.3) is 0 Å². The molecule has 11 nitrogen and oxygen atoms in total. The van der Waals surface area contributed by atoms with Crippen molar-refractivity contribution in [3.63, 3.8) is 0 Å². The Kier molecular flexibility index (Phi) is 33.5. The number of ether oxygens (including phenoxy) is 2. The van der Waals surface area contributed by atoms with Crippen LogP contribution in [0.4, 0.5) is 0 Å². The maximum Gasteiger partial charge on any atom is 0.313 e. The predicted molar refractivity (Wildman–Crippen MR) is 246 cm³/mol. The normalized spacial score (nSPS) is 17.4. The zero-order valence-electron chi connectivity index (χ0n) is 35.9. The van der Waals surface area contributed by atoms with Gasteiger partial charge < -0.3 is 45.4 Å². The van der Waals surface area contributed by atoms with E-state index in [1.807, 2.05) is 0 Å². The number of aliphatic hydroxyl groups excluding tert-OH is 5. The molecule has 0 aromatic heterocycles. The molecule has 1 amide bonds. The average Bonchev–Trinajstić information content (AvgIpc) is 3.28. The number of carbonyl (C=O) groups excluding carboxylic acids is 1. The Morgan fingerprint density at radius 2 is 1.08 bits per heavy atom. The van der Waals surface area contributed by atoms with E-state index in [4.69, 9.17) is 21.0 Å². The number of unbranched alkanes of at least 4 members (excludes halogenated alkanes) is 11. The summed E-state index contributed by atoms with van der Waals surface area (Å²) in [5.74, 6) is 54.4. The highest BCUT2D eigenvalue weighted by molar-refractivity contribution is 7.99. The summed E-state index contributed by atoms with van der Waals surface area (Å²) in [6.45, 7) is 1.74. The lowest BCUT2D eigenvalue weighted by Gasteiger charge is -2.41. The number of aliphatic carboxylic acids is 1. The third-order valence-corrected chi connectivity index (χ3v) is 9.80. The van der Waals surface area contributed by atoms with Gasteiger partial charge in [0.05, 0.1) is 37.0 Å². The van der Waals surface area contributed by atoms with Gasteiger partial charge in [0, 0.05) is 41.3 Å². The van der Waals surface area contributed by atoms with Crippen LogP contribution in [0.5, 0.6) is 0 Å². The van der Waals surface area contributed by atoms with Crippen LogP contribution in [0, 0.1) is 143 Å².